The Bertz CT molecular complexity index is 601. The fourth-order valence-corrected chi connectivity index (χ4v) is 2.34. The number of amides is 1. The van der Waals surface area contributed by atoms with Gasteiger partial charge >= 0.3 is 0 Å². The van der Waals surface area contributed by atoms with Crippen molar-refractivity contribution < 1.29 is 18.0 Å². The summed E-state index contributed by atoms with van der Waals surface area (Å²) in [5.74, 6) is 3.87. The molecule has 100 valence electrons. The number of thioether (sulfide) groups is 1. The zero-order valence-corrected chi connectivity index (χ0v) is 10.5. The summed E-state index contributed by atoms with van der Waals surface area (Å²) in [6.45, 7) is 0. The first kappa shape index (κ1) is 13.6. The van der Waals surface area contributed by atoms with Crippen LogP contribution in [0.1, 0.15) is 16.1 Å². The molecule has 2 aromatic rings. The number of benzene rings is 1. The first-order valence-corrected chi connectivity index (χ1v) is 6.25. The molecule has 7 heteroatoms. The molecule has 0 aliphatic heterocycles. The second-order valence-electron chi connectivity index (χ2n) is 3.59. The van der Waals surface area contributed by atoms with Gasteiger partial charge in [-0.3, -0.25) is 10.2 Å². The summed E-state index contributed by atoms with van der Waals surface area (Å²) in [6, 6.07) is 4.78. The SMILES string of the molecule is NNC(=O)c1ccoc1CSc1ccc(F)cc1F. The lowest BCUT2D eigenvalue weighted by Crippen LogP contribution is -2.30. The van der Waals surface area contributed by atoms with E-state index in [1.807, 2.05) is 5.43 Å². The molecule has 4 nitrogen and oxygen atoms in total. The van der Waals surface area contributed by atoms with Crippen LogP contribution in [-0.2, 0) is 5.75 Å². The van der Waals surface area contributed by atoms with Crippen LogP contribution < -0.4 is 11.3 Å². The van der Waals surface area contributed by atoms with Crippen LogP contribution in [0, 0.1) is 11.6 Å². The molecule has 2 rings (SSSR count). The molecular weight excluding hydrogens is 274 g/mol. The number of carbonyl (C=O) groups is 1. The highest BCUT2D eigenvalue weighted by Crippen LogP contribution is 2.27. The number of hydrogen-bond donors (Lipinski definition) is 2. The van der Waals surface area contributed by atoms with Crippen LogP contribution in [-0.4, -0.2) is 5.91 Å². The normalized spacial score (nSPS) is 10.5. The third kappa shape index (κ3) is 3.12. The van der Waals surface area contributed by atoms with Gasteiger partial charge in [0, 0.05) is 11.0 Å². The minimum absolute atomic E-state index is 0.234. The summed E-state index contributed by atoms with van der Waals surface area (Å²) in [5.41, 5.74) is 2.28. The number of furan rings is 1. The van der Waals surface area contributed by atoms with E-state index in [1.165, 1.54) is 24.5 Å². The number of nitrogen functional groups attached to an aromatic ring is 1. The number of rotatable bonds is 4. The zero-order chi connectivity index (χ0) is 13.8. The van der Waals surface area contributed by atoms with Crippen molar-refractivity contribution in [3.63, 3.8) is 0 Å². The maximum absolute atomic E-state index is 13.4. The van der Waals surface area contributed by atoms with Crippen LogP contribution in [0.15, 0.2) is 39.8 Å². The quantitative estimate of drug-likeness (QED) is 0.392. The Morgan fingerprint density at radius 3 is 2.84 bits per heavy atom. The topological polar surface area (TPSA) is 68.3 Å². The Morgan fingerprint density at radius 2 is 2.16 bits per heavy atom. The summed E-state index contributed by atoms with van der Waals surface area (Å²) < 4.78 is 31.3. The van der Waals surface area contributed by atoms with Gasteiger partial charge in [-0.15, -0.1) is 11.8 Å². The molecule has 0 aliphatic rings. The van der Waals surface area contributed by atoms with Crippen LogP contribution >= 0.6 is 11.8 Å². The van der Waals surface area contributed by atoms with Crippen LogP contribution in [0.25, 0.3) is 0 Å². The standard InChI is InChI=1S/C12H10F2N2O2S/c13-7-1-2-11(9(14)5-7)19-6-10-8(3-4-18-10)12(17)16-15/h1-5H,6,15H2,(H,16,17). The Kier molecular flexibility index (Phi) is 4.18. The fourth-order valence-electron chi connectivity index (χ4n) is 1.47. The lowest BCUT2D eigenvalue weighted by atomic mass is 10.2. The van der Waals surface area contributed by atoms with Gasteiger partial charge in [0.15, 0.2) is 0 Å². The van der Waals surface area contributed by atoms with Gasteiger partial charge in [0.2, 0.25) is 0 Å². The molecule has 0 atom stereocenters. The van der Waals surface area contributed by atoms with Crippen molar-refractivity contribution in [3.8, 4) is 0 Å². The first-order valence-electron chi connectivity index (χ1n) is 5.27. The van der Waals surface area contributed by atoms with Crippen molar-refractivity contribution in [2.24, 2.45) is 5.84 Å². The number of nitrogens with one attached hydrogen (secondary N) is 1. The Labute approximate surface area is 111 Å². The van der Waals surface area contributed by atoms with Crippen molar-refractivity contribution in [2.75, 3.05) is 0 Å². The maximum Gasteiger partial charge on any atom is 0.268 e. The van der Waals surface area contributed by atoms with E-state index in [4.69, 9.17) is 10.3 Å². The smallest absolute Gasteiger partial charge is 0.268 e. The number of carbonyl (C=O) groups excluding carboxylic acids is 1. The lowest BCUT2D eigenvalue weighted by Gasteiger charge is -2.03. The van der Waals surface area contributed by atoms with Crippen LogP contribution in [0.3, 0.4) is 0 Å². The average molecular weight is 284 g/mol. The number of hydrogen-bond acceptors (Lipinski definition) is 4. The molecule has 3 N–H and O–H groups in total. The van der Waals surface area contributed by atoms with Crippen molar-refractivity contribution in [1.82, 2.24) is 5.43 Å². The van der Waals surface area contributed by atoms with Gasteiger partial charge in [-0.25, -0.2) is 14.6 Å². The Balaban J connectivity index is 2.10. The number of nitrogens with two attached hydrogens (primary N) is 1. The molecule has 1 amide bonds. The highest BCUT2D eigenvalue weighted by Gasteiger charge is 2.14. The van der Waals surface area contributed by atoms with Crippen molar-refractivity contribution >= 4 is 17.7 Å². The second-order valence-corrected chi connectivity index (χ2v) is 4.61. The predicted molar refractivity (Wildman–Crippen MR) is 66.3 cm³/mol. The molecule has 19 heavy (non-hydrogen) atoms. The minimum atomic E-state index is -0.651. The lowest BCUT2D eigenvalue weighted by molar-refractivity contribution is 0.0952. The van der Waals surface area contributed by atoms with Gasteiger partial charge in [-0.1, -0.05) is 0 Å². The van der Waals surface area contributed by atoms with Crippen LogP contribution in [0.4, 0.5) is 8.78 Å². The van der Waals surface area contributed by atoms with Crippen LogP contribution in [0.2, 0.25) is 0 Å². The van der Waals surface area contributed by atoms with E-state index in [9.17, 15) is 13.6 Å². The summed E-state index contributed by atoms with van der Waals surface area (Å²) in [7, 11) is 0. The molecule has 0 unspecified atom stereocenters. The van der Waals surface area contributed by atoms with Crippen molar-refractivity contribution in [3.05, 3.63) is 53.5 Å². The third-order valence-corrected chi connectivity index (χ3v) is 3.42. The number of halogens is 2. The minimum Gasteiger partial charge on any atom is -0.468 e. The van der Waals surface area contributed by atoms with E-state index in [0.717, 1.165) is 17.8 Å². The largest absolute Gasteiger partial charge is 0.468 e. The van der Waals surface area contributed by atoms with Crippen molar-refractivity contribution in [1.29, 1.82) is 0 Å². The molecule has 1 heterocycles. The second kappa shape index (κ2) is 5.85. The molecule has 1 aromatic heterocycles. The molecule has 0 bridgehead atoms. The Morgan fingerprint density at radius 1 is 1.37 bits per heavy atom. The van der Waals surface area contributed by atoms with Gasteiger partial charge in [0.1, 0.15) is 17.4 Å². The number of hydrazine groups is 1. The third-order valence-electron chi connectivity index (χ3n) is 2.37. The molecule has 0 spiro atoms. The first-order chi connectivity index (χ1) is 9.11. The monoisotopic (exact) mass is 284 g/mol. The molecule has 0 fully saturated rings. The Hall–Kier alpha value is -1.86. The van der Waals surface area contributed by atoms with E-state index >= 15 is 0 Å². The van der Waals surface area contributed by atoms with E-state index in [2.05, 4.69) is 0 Å². The van der Waals surface area contributed by atoms with Gasteiger partial charge in [-0.05, 0) is 18.2 Å². The van der Waals surface area contributed by atoms with E-state index in [-0.39, 0.29) is 16.2 Å². The molecular formula is C12H10F2N2O2S. The maximum atomic E-state index is 13.4. The average Bonchev–Trinajstić information content (AvgIpc) is 2.85. The summed E-state index contributed by atoms with van der Waals surface area (Å²) in [6.07, 6.45) is 1.35. The molecule has 1 aromatic carbocycles. The zero-order valence-electron chi connectivity index (χ0n) is 9.65. The van der Waals surface area contributed by atoms with Gasteiger partial charge in [0.25, 0.3) is 5.91 Å². The van der Waals surface area contributed by atoms with Gasteiger partial charge in [0.05, 0.1) is 17.6 Å². The van der Waals surface area contributed by atoms with Crippen LogP contribution in [0.5, 0.6) is 0 Å². The molecule has 0 radical (unpaired) electrons. The molecule has 0 saturated carbocycles. The van der Waals surface area contributed by atoms with Gasteiger partial charge < -0.3 is 4.42 Å². The highest BCUT2D eigenvalue weighted by atomic mass is 32.2. The van der Waals surface area contributed by atoms with E-state index < -0.39 is 17.5 Å². The molecule has 0 aliphatic carbocycles. The summed E-state index contributed by atoms with van der Waals surface area (Å²) in [5, 5.41) is 0. The summed E-state index contributed by atoms with van der Waals surface area (Å²) in [4.78, 5) is 11.7. The summed E-state index contributed by atoms with van der Waals surface area (Å²) >= 11 is 1.10. The highest BCUT2D eigenvalue weighted by molar-refractivity contribution is 7.98. The predicted octanol–water partition coefficient (Wildman–Crippen LogP) is 2.45. The fraction of sp³-hybridized carbons (Fsp3) is 0.0833. The van der Waals surface area contributed by atoms with E-state index in [1.54, 1.807) is 0 Å². The molecule has 0 saturated heterocycles. The van der Waals surface area contributed by atoms with E-state index in [0.29, 0.717) is 5.76 Å². The van der Waals surface area contributed by atoms with Crippen molar-refractivity contribution in [2.45, 2.75) is 10.6 Å². The van der Waals surface area contributed by atoms with Gasteiger partial charge in [-0.2, -0.15) is 0 Å².